The third-order valence-corrected chi connectivity index (χ3v) is 3.31. The topological polar surface area (TPSA) is 60.2 Å². The molecule has 0 N–H and O–H groups in total. The van der Waals surface area contributed by atoms with Crippen molar-refractivity contribution in [1.29, 1.82) is 0 Å². The first kappa shape index (κ1) is 12.7. The van der Waals surface area contributed by atoms with Gasteiger partial charge in [0.25, 0.3) is 5.91 Å². The van der Waals surface area contributed by atoms with Gasteiger partial charge in [-0.05, 0) is 25.1 Å². The van der Waals surface area contributed by atoms with Crippen molar-refractivity contribution in [2.24, 2.45) is 0 Å². The van der Waals surface area contributed by atoms with E-state index in [2.05, 4.69) is 10.1 Å². The Hall–Kier alpha value is -2.37. The number of ether oxygens (including phenoxy) is 1. The van der Waals surface area contributed by atoms with E-state index in [9.17, 15) is 4.79 Å². The summed E-state index contributed by atoms with van der Waals surface area (Å²) in [6, 6.07) is 5.45. The van der Waals surface area contributed by atoms with E-state index in [0.29, 0.717) is 31.1 Å². The van der Waals surface area contributed by atoms with Gasteiger partial charge in [-0.15, -0.1) is 0 Å². The van der Waals surface area contributed by atoms with Gasteiger partial charge in [-0.1, -0.05) is 0 Å². The van der Waals surface area contributed by atoms with Crippen LogP contribution in [0.25, 0.3) is 0 Å². The Balaban J connectivity index is 1.83. The van der Waals surface area contributed by atoms with Gasteiger partial charge in [0.2, 0.25) is 5.88 Å². The lowest BCUT2D eigenvalue weighted by Crippen LogP contribution is -2.38. The van der Waals surface area contributed by atoms with Crippen molar-refractivity contribution in [3.05, 3.63) is 41.9 Å². The van der Waals surface area contributed by atoms with E-state index in [1.54, 1.807) is 29.4 Å². The van der Waals surface area contributed by atoms with E-state index in [-0.39, 0.29) is 5.91 Å². The van der Waals surface area contributed by atoms with Gasteiger partial charge in [0.15, 0.2) is 0 Å². The first-order chi connectivity index (χ1) is 9.79. The Bertz CT molecular complexity index is 623. The smallest absolute Gasteiger partial charge is 0.259 e. The average Bonchev–Trinajstić information content (AvgIpc) is 2.95. The summed E-state index contributed by atoms with van der Waals surface area (Å²) in [5, 5.41) is 4.21. The summed E-state index contributed by atoms with van der Waals surface area (Å²) in [5.74, 6) is 0.355. The van der Waals surface area contributed by atoms with Crippen LogP contribution in [0.1, 0.15) is 23.0 Å². The maximum atomic E-state index is 12.6. The Labute approximate surface area is 117 Å². The Kier molecular flexibility index (Phi) is 3.37. The molecular weight excluding hydrogens is 256 g/mol. The van der Waals surface area contributed by atoms with Crippen molar-refractivity contribution in [1.82, 2.24) is 19.7 Å². The molecule has 0 unspecified atom stereocenters. The standard InChI is InChI=1S/C14H16N4O2/c1-2-20-13-12(4-3-6-15-13)14(19)17-8-9-18-11(10-17)5-7-16-18/h3-7H,2,8-10H2,1H3. The number of pyridine rings is 1. The highest BCUT2D eigenvalue weighted by Crippen LogP contribution is 2.20. The van der Waals surface area contributed by atoms with E-state index >= 15 is 0 Å². The van der Waals surface area contributed by atoms with Gasteiger partial charge in [-0.25, -0.2) is 4.98 Å². The van der Waals surface area contributed by atoms with E-state index in [0.717, 1.165) is 12.2 Å². The van der Waals surface area contributed by atoms with Gasteiger partial charge in [0.1, 0.15) is 5.56 Å². The molecule has 0 saturated heterocycles. The van der Waals surface area contributed by atoms with Gasteiger partial charge in [0.05, 0.1) is 25.4 Å². The molecule has 0 spiro atoms. The molecule has 0 fully saturated rings. The molecule has 2 aromatic rings. The highest BCUT2D eigenvalue weighted by Gasteiger charge is 2.24. The van der Waals surface area contributed by atoms with Gasteiger partial charge in [-0.3, -0.25) is 9.48 Å². The van der Waals surface area contributed by atoms with Crippen LogP contribution in [-0.4, -0.2) is 38.7 Å². The average molecular weight is 272 g/mol. The number of nitrogens with zero attached hydrogens (tertiary/aromatic N) is 4. The molecular formula is C14H16N4O2. The monoisotopic (exact) mass is 272 g/mol. The largest absolute Gasteiger partial charge is 0.477 e. The zero-order chi connectivity index (χ0) is 13.9. The number of hydrogen-bond donors (Lipinski definition) is 0. The summed E-state index contributed by atoms with van der Waals surface area (Å²) >= 11 is 0. The number of rotatable bonds is 3. The normalized spacial score (nSPS) is 13.9. The molecule has 20 heavy (non-hydrogen) atoms. The minimum atomic E-state index is -0.0472. The van der Waals surface area contributed by atoms with Gasteiger partial charge >= 0.3 is 0 Å². The van der Waals surface area contributed by atoms with Crippen molar-refractivity contribution >= 4 is 5.91 Å². The molecule has 1 aliphatic rings. The summed E-state index contributed by atoms with van der Waals surface area (Å²) < 4.78 is 7.35. The molecule has 104 valence electrons. The minimum absolute atomic E-state index is 0.0472. The molecule has 0 atom stereocenters. The van der Waals surface area contributed by atoms with Crippen LogP contribution in [0.5, 0.6) is 5.88 Å². The summed E-state index contributed by atoms with van der Waals surface area (Å²) in [5.41, 5.74) is 1.56. The Morgan fingerprint density at radius 1 is 1.35 bits per heavy atom. The van der Waals surface area contributed by atoms with E-state index < -0.39 is 0 Å². The molecule has 1 amide bonds. The first-order valence-electron chi connectivity index (χ1n) is 6.67. The fraction of sp³-hybridized carbons (Fsp3) is 0.357. The SMILES string of the molecule is CCOc1ncccc1C(=O)N1CCn2nccc2C1. The summed E-state index contributed by atoms with van der Waals surface area (Å²) in [6.45, 7) is 4.30. The fourth-order valence-electron chi connectivity index (χ4n) is 2.33. The van der Waals surface area contributed by atoms with Gasteiger partial charge in [-0.2, -0.15) is 5.10 Å². The van der Waals surface area contributed by atoms with Crippen LogP contribution in [0.4, 0.5) is 0 Å². The molecule has 0 bridgehead atoms. The maximum absolute atomic E-state index is 12.6. The van der Waals surface area contributed by atoms with Gasteiger partial charge < -0.3 is 9.64 Å². The molecule has 2 aromatic heterocycles. The van der Waals surface area contributed by atoms with Crippen molar-refractivity contribution in [2.75, 3.05) is 13.2 Å². The molecule has 6 nitrogen and oxygen atoms in total. The molecule has 0 aromatic carbocycles. The lowest BCUT2D eigenvalue weighted by Gasteiger charge is -2.28. The number of fused-ring (bicyclic) bond motifs is 1. The van der Waals surface area contributed by atoms with Crippen molar-refractivity contribution < 1.29 is 9.53 Å². The summed E-state index contributed by atoms with van der Waals surface area (Å²) in [6.07, 6.45) is 3.39. The molecule has 3 heterocycles. The first-order valence-corrected chi connectivity index (χ1v) is 6.67. The van der Waals surface area contributed by atoms with Crippen LogP contribution in [0.3, 0.4) is 0 Å². The van der Waals surface area contributed by atoms with Crippen molar-refractivity contribution in [3.8, 4) is 5.88 Å². The van der Waals surface area contributed by atoms with E-state index in [1.165, 1.54) is 0 Å². The van der Waals surface area contributed by atoms with Crippen LogP contribution < -0.4 is 4.74 Å². The number of hydrogen-bond acceptors (Lipinski definition) is 4. The predicted molar refractivity (Wildman–Crippen MR) is 72.4 cm³/mol. The third kappa shape index (κ3) is 2.24. The second-order valence-electron chi connectivity index (χ2n) is 4.56. The number of carbonyl (C=O) groups is 1. The molecule has 0 radical (unpaired) electrons. The predicted octanol–water partition coefficient (Wildman–Crippen LogP) is 1.33. The summed E-state index contributed by atoms with van der Waals surface area (Å²) in [4.78, 5) is 18.5. The minimum Gasteiger partial charge on any atom is -0.477 e. The van der Waals surface area contributed by atoms with Crippen LogP contribution in [0, 0.1) is 0 Å². The van der Waals surface area contributed by atoms with Crippen molar-refractivity contribution in [3.63, 3.8) is 0 Å². The molecule has 1 aliphatic heterocycles. The highest BCUT2D eigenvalue weighted by atomic mass is 16.5. The zero-order valence-electron chi connectivity index (χ0n) is 11.3. The van der Waals surface area contributed by atoms with Crippen LogP contribution >= 0.6 is 0 Å². The van der Waals surface area contributed by atoms with Crippen LogP contribution in [0.15, 0.2) is 30.6 Å². The second-order valence-corrected chi connectivity index (χ2v) is 4.56. The molecule has 3 rings (SSSR count). The number of carbonyl (C=O) groups excluding carboxylic acids is 1. The highest BCUT2D eigenvalue weighted by molar-refractivity contribution is 5.96. The fourth-order valence-corrected chi connectivity index (χ4v) is 2.33. The third-order valence-electron chi connectivity index (χ3n) is 3.31. The molecule has 6 heteroatoms. The Morgan fingerprint density at radius 3 is 3.10 bits per heavy atom. The van der Waals surface area contributed by atoms with Crippen LogP contribution in [0.2, 0.25) is 0 Å². The zero-order valence-corrected chi connectivity index (χ0v) is 11.3. The molecule has 0 saturated carbocycles. The number of aromatic nitrogens is 3. The van der Waals surface area contributed by atoms with Crippen molar-refractivity contribution in [2.45, 2.75) is 20.0 Å². The summed E-state index contributed by atoms with van der Waals surface area (Å²) in [7, 11) is 0. The van der Waals surface area contributed by atoms with E-state index in [1.807, 2.05) is 17.7 Å². The van der Waals surface area contributed by atoms with Gasteiger partial charge in [0, 0.05) is 18.9 Å². The molecule has 0 aliphatic carbocycles. The quantitative estimate of drug-likeness (QED) is 0.846. The lowest BCUT2D eigenvalue weighted by atomic mass is 10.2. The van der Waals surface area contributed by atoms with Crippen LogP contribution in [-0.2, 0) is 13.1 Å². The number of amides is 1. The maximum Gasteiger partial charge on any atom is 0.259 e. The Morgan fingerprint density at radius 2 is 2.25 bits per heavy atom. The lowest BCUT2D eigenvalue weighted by molar-refractivity contribution is 0.0701. The van der Waals surface area contributed by atoms with E-state index in [4.69, 9.17) is 4.74 Å². The second kappa shape index (κ2) is 5.32.